The fourth-order valence-electron chi connectivity index (χ4n) is 3.48. The molecule has 2 atom stereocenters. The SMILES string of the molecule is CCCCCCCCCCCC1C([N+](=O)[O-])=C([O-])C(=O)C1C(=O)OCC. The number of carbonyl (C=O) groups is 2. The molecule has 7 nitrogen and oxygen atoms in total. The Morgan fingerprint density at radius 3 is 2.08 bits per heavy atom. The summed E-state index contributed by atoms with van der Waals surface area (Å²) in [5.41, 5.74) is -0.646. The van der Waals surface area contributed by atoms with Crippen molar-refractivity contribution in [3.05, 3.63) is 21.6 Å². The third kappa shape index (κ3) is 6.11. The molecule has 0 aromatic rings. The van der Waals surface area contributed by atoms with Crippen LogP contribution in [0.25, 0.3) is 0 Å². The first-order valence-electron chi connectivity index (χ1n) is 9.72. The first kappa shape index (κ1) is 22.1. The van der Waals surface area contributed by atoms with Crippen LogP contribution in [0.1, 0.15) is 78.1 Å². The van der Waals surface area contributed by atoms with E-state index in [1.54, 1.807) is 6.92 Å². The predicted octanol–water partition coefficient (Wildman–Crippen LogP) is 3.13. The van der Waals surface area contributed by atoms with Crippen LogP contribution in [0.4, 0.5) is 0 Å². The van der Waals surface area contributed by atoms with E-state index in [9.17, 15) is 24.8 Å². The topological polar surface area (TPSA) is 110 Å². The second-order valence-electron chi connectivity index (χ2n) is 6.79. The maximum Gasteiger partial charge on any atom is 0.317 e. The Morgan fingerprint density at radius 2 is 1.58 bits per heavy atom. The van der Waals surface area contributed by atoms with Gasteiger partial charge in [-0.25, -0.2) is 0 Å². The lowest BCUT2D eigenvalue weighted by Crippen LogP contribution is -2.31. The third-order valence-electron chi connectivity index (χ3n) is 4.85. The fraction of sp³-hybridized carbons (Fsp3) is 0.789. The highest BCUT2D eigenvalue weighted by Crippen LogP contribution is 2.37. The molecule has 0 radical (unpaired) electrons. The summed E-state index contributed by atoms with van der Waals surface area (Å²) in [6.07, 6.45) is 10.1. The van der Waals surface area contributed by atoms with Crippen molar-refractivity contribution in [1.82, 2.24) is 0 Å². The van der Waals surface area contributed by atoms with Gasteiger partial charge in [-0.05, 0) is 13.3 Å². The molecule has 0 aliphatic heterocycles. The molecule has 0 fully saturated rings. The van der Waals surface area contributed by atoms with E-state index in [1.807, 2.05) is 0 Å². The van der Waals surface area contributed by atoms with Gasteiger partial charge >= 0.3 is 5.97 Å². The van der Waals surface area contributed by atoms with Crippen LogP contribution in [0.15, 0.2) is 11.5 Å². The largest absolute Gasteiger partial charge is 0.866 e. The maximum atomic E-state index is 12.0. The van der Waals surface area contributed by atoms with Crippen LogP contribution in [0.3, 0.4) is 0 Å². The van der Waals surface area contributed by atoms with Crippen molar-refractivity contribution in [2.45, 2.75) is 78.1 Å². The molecule has 0 aromatic heterocycles. The van der Waals surface area contributed by atoms with E-state index >= 15 is 0 Å². The van der Waals surface area contributed by atoms with Gasteiger partial charge in [-0.1, -0.05) is 64.7 Å². The molecule has 0 heterocycles. The molecule has 0 spiro atoms. The monoisotopic (exact) mass is 368 g/mol. The molecule has 1 aliphatic rings. The molecule has 0 saturated carbocycles. The van der Waals surface area contributed by atoms with Crippen LogP contribution < -0.4 is 5.11 Å². The second-order valence-corrected chi connectivity index (χ2v) is 6.79. The number of ether oxygens (including phenoxy) is 1. The van der Waals surface area contributed by atoms with Gasteiger partial charge in [-0.15, -0.1) is 0 Å². The molecule has 148 valence electrons. The number of esters is 1. The summed E-state index contributed by atoms with van der Waals surface area (Å²) in [4.78, 5) is 34.4. The smallest absolute Gasteiger partial charge is 0.317 e. The fourth-order valence-corrected chi connectivity index (χ4v) is 3.48. The van der Waals surface area contributed by atoms with Crippen molar-refractivity contribution < 1.29 is 24.4 Å². The number of carbonyl (C=O) groups excluding carboxylic acids is 2. The van der Waals surface area contributed by atoms with Crippen LogP contribution in [-0.2, 0) is 14.3 Å². The van der Waals surface area contributed by atoms with Crippen LogP contribution >= 0.6 is 0 Å². The highest BCUT2D eigenvalue weighted by atomic mass is 16.6. The Kier molecular flexibility index (Phi) is 9.91. The number of Topliss-reactive ketones (excluding diaryl/α,β-unsaturated/α-hetero) is 1. The Balaban J connectivity index is 2.52. The van der Waals surface area contributed by atoms with Gasteiger partial charge in [-0.2, -0.15) is 0 Å². The molecule has 1 aliphatic carbocycles. The lowest BCUT2D eigenvalue weighted by atomic mass is 9.88. The quantitative estimate of drug-likeness (QED) is 0.162. The van der Waals surface area contributed by atoms with Gasteiger partial charge in [0.2, 0.25) is 5.70 Å². The summed E-state index contributed by atoms with van der Waals surface area (Å²) < 4.78 is 4.85. The molecular weight excluding hydrogens is 338 g/mol. The highest BCUT2D eigenvalue weighted by Gasteiger charge is 2.49. The summed E-state index contributed by atoms with van der Waals surface area (Å²) in [6.45, 7) is 3.83. The summed E-state index contributed by atoms with van der Waals surface area (Å²) in [5, 5.41) is 23.1. The van der Waals surface area contributed by atoms with E-state index in [4.69, 9.17) is 4.74 Å². The van der Waals surface area contributed by atoms with Gasteiger partial charge in [0.1, 0.15) is 5.92 Å². The zero-order valence-electron chi connectivity index (χ0n) is 15.8. The number of hydrogen-bond acceptors (Lipinski definition) is 6. The average Bonchev–Trinajstić information content (AvgIpc) is 2.84. The van der Waals surface area contributed by atoms with Gasteiger partial charge in [-0.3, -0.25) is 19.7 Å². The molecule has 0 bridgehead atoms. The van der Waals surface area contributed by atoms with Gasteiger partial charge < -0.3 is 9.84 Å². The van der Waals surface area contributed by atoms with Gasteiger partial charge in [0.05, 0.1) is 17.4 Å². The van der Waals surface area contributed by atoms with Gasteiger partial charge in [0.25, 0.3) is 0 Å². The zero-order valence-corrected chi connectivity index (χ0v) is 15.8. The van der Waals surface area contributed by atoms with Crippen molar-refractivity contribution in [3.63, 3.8) is 0 Å². The van der Waals surface area contributed by atoms with Crippen LogP contribution in [0.5, 0.6) is 0 Å². The zero-order chi connectivity index (χ0) is 19.5. The van der Waals surface area contributed by atoms with Gasteiger partial charge in [0.15, 0.2) is 5.78 Å². The number of nitrogens with zero attached hydrogens (tertiary/aromatic N) is 1. The number of unbranched alkanes of at least 4 members (excludes halogenated alkanes) is 8. The first-order valence-corrected chi connectivity index (χ1v) is 9.72. The lowest BCUT2D eigenvalue weighted by molar-refractivity contribution is -0.447. The second kappa shape index (κ2) is 11.6. The van der Waals surface area contributed by atoms with E-state index < -0.39 is 40.0 Å². The average molecular weight is 368 g/mol. The third-order valence-corrected chi connectivity index (χ3v) is 4.85. The summed E-state index contributed by atoms with van der Waals surface area (Å²) in [7, 11) is 0. The molecule has 1 rings (SSSR count). The molecule has 0 amide bonds. The molecular formula is C19H30NO6-. The number of rotatable bonds is 13. The predicted molar refractivity (Wildman–Crippen MR) is 94.5 cm³/mol. The summed E-state index contributed by atoms with van der Waals surface area (Å²) >= 11 is 0. The van der Waals surface area contributed by atoms with Crippen molar-refractivity contribution in [3.8, 4) is 0 Å². The first-order chi connectivity index (χ1) is 12.5. The highest BCUT2D eigenvalue weighted by molar-refractivity contribution is 6.09. The number of ketones is 1. The molecule has 7 heteroatoms. The van der Waals surface area contributed by atoms with Crippen molar-refractivity contribution >= 4 is 11.8 Å². The Bertz CT molecular complexity index is 528. The van der Waals surface area contributed by atoms with E-state index in [2.05, 4.69) is 6.92 Å². The van der Waals surface area contributed by atoms with Crippen LogP contribution in [0.2, 0.25) is 0 Å². The van der Waals surface area contributed by atoms with E-state index in [-0.39, 0.29) is 13.0 Å². The normalized spacial score (nSPS) is 19.8. The minimum Gasteiger partial charge on any atom is -0.866 e. The van der Waals surface area contributed by atoms with E-state index in [1.165, 1.54) is 32.1 Å². The van der Waals surface area contributed by atoms with Crippen molar-refractivity contribution in [2.75, 3.05) is 6.61 Å². The minimum atomic E-state index is -1.35. The molecule has 0 saturated heterocycles. The number of allylic oxidation sites excluding steroid dienone is 2. The molecule has 0 N–H and O–H groups in total. The van der Waals surface area contributed by atoms with Gasteiger partial charge in [0, 0.05) is 5.76 Å². The van der Waals surface area contributed by atoms with Crippen LogP contribution in [-0.4, -0.2) is 23.3 Å². The Labute approximate surface area is 154 Å². The molecule has 2 unspecified atom stereocenters. The molecule has 26 heavy (non-hydrogen) atoms. The Morgan fingerprint density at radius 1 is 1.04 bits per heavy atom. The maximum absolute atomic E-state index is 12.0. The van der Waals surface area contributed by atoms with Crippen LogP contribution in [0, 0.1) is 22.0 Å². The summed E-state index contributed by atoms with van der Waals surface area (Å²) in [5.74, 6) is -5.29. The summed E-state index contributed by atoms with van der Waals surface area (Å²) in [6, 6.07) is 0. The molecule has 0 aromatic carbocycles. The lowest BCUT2D eigenvalue weighted by Gasteiger charge is -2.16. The Hall–Kier alpha value is -1.92. The van der Waals surface area contributed by atoms with E-state index in [0.717, 1.165) is 19.3 Å². The standard InChI is InChI=1S/C19H31NO6/c1-3-5-6-7-8-9-10-11-12-13-14-15(19(23)26-4-2)17(21)18(22)16(14)20(24)25/h14-15,22H,3-13H2,1-2H3/p-1. The van der Waals surface area contributed by atoms with Crippen molar-refractivity contribution in [2.24, 2.45) is 11.8 Å². The van der Waals surface area contributed by atoms with E-state index in [0.29, 0.717) is 6.42 Å². The van der Waals surface area contributed by atoms with Crippen molar-refractivity contribution in [1.29, 1.82) is 0 Å². The number of nitro groups is 1. The number of hydrogen-bond donors (Lipinski definition) is 0. The minimum absolute atomic E-state index is 0.0648.